The largest absolute Gasteiger partial charge is 0.394 e. The molecule has 0 aliphatic carbocycles. The molecule has 1 saturated heterocycles. The van der Waals surface area contributed by atoms with Gasteiger partial charge in [-0.2, -0.15) is 0 Å². The number of aliphatic hydroxyl groups excluding tert-OH is 1. The molecule has 2 unspecified atom stereocenters. The normalized spacial score (nSPS) is 28.2. The number of ether oxygens (including phenoxy) is 1. The maximum absolute atomic E-state index is 8.89. The van der Waals surface area contributed by atoms with Gasteiger partial charge in [-0.1, -0.05) is 0 Å². The van der Waals surface area contributed by atoms with Gasteiger partial charge in [-0.15, -0.1) is 11.3 Å². The topological polar surface area (TPSA) is 42.4 Å². The zero-order valence-electron chi connectivity index (χ0n) is 7.56. The van der Waals surface area contributed by atoms with Crippen LogP contribution in [0, 0.1) is 6.92 Å². The first kappa shape index (κ1) is 9.12. The molecule has 2 heterocycles. The minimum absolute atomic E-state index is 0.0224. The summed E-state index contributed by atoms with van der Waals surface area (Å²) in [5, 5.41) is 12.0. The number of hydrogen-bond donors (Lipinski definition) is 1. The predicted molar refractivity (Wildman–Crippen MR) is 50.8 cm³/mol. The second-order valence-corrected chi connectivity index (χ2v) is 4.22. The number of hydrogen-bond acceptors (Lipinski definition) is 4. The van der Waals surface area contributed by atoms with Crippen molar-refractivity contribution in [3.8, 4) is 0 Å². The average Bonchev–Trinajstić information content (AvgIpc) is 2.71. The first-order valence-electron chi connectivity index (χ1n) is 4.48. The average molecular weight is 199 g/mol. The molecule has 1 fully saturated rings. The second-order valence-electron chi connectivity index (χ2n) is 3.33. The molecule has 2 atom stereocenters. The van der Waals surface area contributed by atoms with Crippen molar-refractivity contribution in [1.82, 2.24) is 4.98 Å². The van der Waals surface area contributed by atoms with Gasteiger partial charge in [-0.25, -0.2) is 4.98 Å². The van der Waals surface area contributed by atoms with E-state index >= 15 is 0 Å². The predicted octanol–water partition coefficient (Wildman–Crippen LogP) is 1.66. The van der Waals surface area contributed by atoms with Crippen molar-refractivity contribution in [1.29, 1.82) is 0 Å². The molecule has 0 spiro atoms. The molecule has 3 nitrogen and oxygen atoms in total. The van der Waals surface area contributed by atoms with Gasteiger partial charge in [0.15, 0.2) is 0 Å². The van der Waals surface area contributed by atoms with Crippen molar-refractivity contribution in [3.05, 3.63) is 16.1 Å². The molecule has 1 aliphatic heterocycles. The Morgan fingerprint density at radius 1 is 1.69 bits per heavy atom. The summed E-state index contributed by atoms with van der Waals surface area (Å²) < 4.78 is 5.61. The maximum Gasteiger partial charge on any atom is 0.122 e. The highest BCUT2D eigenvalue weighted by molar-refractivity contribution is 7.09. The highest BCUT2D eigenvalue weighted by Gasteiger charge is 2.27. The summed E-state index contributed by atoms with van der Waals surface area (Å²) in [6.07, 6.45) is 2.07. The fourth-order valence-electron chi connectivity index (χ4n) is 1.54. The van der Waals surface area contributed by atoms with Gasteiger partial charge in [-0.05, 0) is 19.8 Å². The quantitative estimate of drug-likeness (QED) is 0.787. The standard InChI is InChI=1S/C9H13NO2S/c1-6-5-13-9(10-6)8-3-2-7(4-11)12-8/h5,7-8,11H,2-4H2,1H3. The highest BCUT2D eigenvalue weighted by atomic mass is 32.1. The van der Waals surface area contributed by atoms with Crippen LogP contribution in [0.15, 0.2) is 5.38 Å². The number of aromatic nitrogens is 1. The molecule has 72 valence electrons. The Balaban J connectivity index is 2.03. The van der Waals surface area contributed by atoms with E-state index in [0.717, 1.165) is 23.5 Å². The van der Waals surface area contributed by atoms with Crippen molar-refractivity contribution in [2.75, 3.05) is 6.61 Å². The highest BCUT2D eigenvalue weighted by Crippen LogP contribution is 2.33. The number of rotatable bonds is 2. The monoisotopic (exact) mass is 199 g/mol. The SMILES string of the molecule is Cc1csc(C2CCC(CO)O2)n1. The lowest BCUT2D eigenvalue weighted by Gasteiger charge is -2.08. The van der Waals surface area contributed by atoms with E-state index in [4.69, 9.17) is 9.84 Å². The van der Waals surface area contributed by atoms with Crippen molar-refractivity contribution < 1.29 is 9.84 Å². The molecule has 0 saturated carbocycles. The van der Waals surface area contributed by atoms with Gasteiger partial charge in [0.2, 0.25) is 0 Å². The van der Waals surface area contributed by atoms with E-state index < -0.39 is 0 Å². The van der Waals surface area contributed by atoms with Crippen LogP contribution in [0.3, 0.4) is 0 Å². The number of aliphatic hydroxyl groups is 1. The number of nitrogens with zero attached hydrogens (tertiary/aromatic N) is 1. The maximum atomic E-state index is 8.89. The van der Waals surface area contributed by atoms with Crippen LogP contribution in [-0.4, -0.2) is 22.8 Å². The summed E-state index contributed by atoms with van der Waals surface area (Å²) in [4.78, 5) is 4.37. The first-order chi connectivity index (χ1) is 6.29. The lowest BCUT2D eigenvalue weighted by atomic mass is 10.2. The molecule has 0 aromatic carbocycles. The molecule has 0 amide bonds. The molecule has 0 bridgehead atoms. The lowest BCUT2D eigenvalue weighted by Crippen LogP contribution is -2.10. The van der Waals surface area contributed by atoms with E-state index in [1.807, 2.05) is 12.3 Å². The summed E-state index contributed by atoms with van der Waals surface area (Å²) in [7, 11) is 0. The van der Waals surface area contributed by atoms with Crippen LogP contribution in [0.1, 0.15) is 29.6 Å². The van der Waals surface area contributed by atoms with Gasteiger partial charge < -0.3 is 9.84 Å². The molecule has 13 heavy (non-hydrogen) atoms. The molecular formula is C9H13NO2S. The third-order valence-corrected chi connectivity index (χ3v) is 3.28. The molecule has 4 heteroatoms. The van der Waals surface area contributed by atoms with Crippen LogP contribution in [0.25, 0.3) is 0 Å². The van der Waals surface area contributed by atoms with E-state index in [2.05, 4.69) is 4.98 Å². The molecule has 0 radical (unpaired) electrons. The van der Waals surface area contributed by atoms with Gasteiger partial charge in [-0.3, -0.25) is 0 Å². The molecule has 1 aromatic rings. The Hall–Kier alpha value is -0.450. The first-order valence-corrected chi connectivity index (χ1v) is 5.36. The molecule has 1 N–H and O–H groups in total. The van der Waals surface area contributed by atoms with E-state index in [9.17, 15) is 0 Å². The molecule has 2 rings (SSSR count). The van der Waals surface area contributed by atoms with Gasteiger partial charge >= 0.3 is 0 Å². The number of aryl methyl sites for hydroxylation is 1. The minimum Gasteiger partial charge on any atom is -0.394 e. The van der Waals surface area contributed by atoms with E-state index in [1.54, 1.807) is 11.3 Å². The van der Waals surface area contributed by atoms with Crippen LogP contribution in [0.2, 0.25) is 0 Å². The van der Waals surface area contributed by atoms with Gasteiger partial charge in [0.05, 0.1) is 12.7 Å². The number of thiazole rings is 1. The fourth-order valence-corrected chi connectivity index (χ4v) is 2.41. The molecule has 1 aromatic heterocycles. The summed E-state index contributed by atoms with van der Waals surface area (Å²) in [6, 6.07) is 0. The Morgan fingerprint density at radius 3 is 3.08 bits per heavy atom. The van der Waals surface area contributed by atoms with Crippen molar-refractivity contribution in [2.45, 2.75) is 32.0 Å². The minimum atomic E-state index is 0.0224. The Labute approximate surface area is 81.4 Å². The van der Waals surface area contributed by atoms with Crippen LogP contribution in [0.4, 0.5) is 0 Å². The molecule has 1 aliphatic rings. The lowest BCUT2D eigenvalue weighted by molar-refractivity contribution is 0.0109. The summed E-state index contributed by atoms with van der Waals surface area (Å²) in [6.45, 7) is 2.11. The van der Waals surface area contributed by atoms with Crippen LogP contribution >= 0.6 is 11.3 Å². The molecular weight excluding hydrogens is 186 g/mol. The van der Waals surface area contributed by atoms with Crippen LogP contribution in [0.5, 0.6) is 0 Å². The van der Waals surface area contributed by atoms with Crippen LogP contribution in [-0.2, 0) is 4.74 Å². The van der Waals surface area contributed by atoms with E-state index in [0.29, 0.717) is 0 Å². The van der Waals surface area contributed by atoms with Crippen molar-refractivity contribution >= 4 is 11.3 Å². The summed E-state index contributed by atoms with van der Waals surface area (Å²) in [5.41, 5.74) is 1.05. The van der Waals surface area contributed by atoms with E-state index in [1.165, 1.54) is 0 Å². The van der Waals surface area contributed by atoms with Gasteiger partial charge in [0.25, 0.3) is 0 Å². The Kier molecular flexibility index (Phi) is 2.62. The summed E-state index contributed by atoms with van der Waals surface area (Å²) >= 11 is 1.64. The van der Waals surface area contributed by atoms with Crippen LogP contribution < -0.4 is 0 Å². The zero-order valence-corrected chi connectivity index (χ0v) is 8.38. The van der Waals surface area contributed by atoms with Crippen molar-refractivity contribution in [2.24, 2.45) is 0 Å². The third-order valence-electron chi connectivity index (χ3n) is 2.22. The van der Waals surface area contributed by atoms with E-state index in [-0.39, 0.29) is 18.8 Å². The third kappa shape index (κ3) is 1.90. The Bertz CT molecular complexity index is 287. The fraction of sp³-hybridized carbons (Fsp3) is 0.667. The second kappa shape index (κ2) is 3.74. The Morgan fingerprint density at radius 2 is 2.54 bits per heavy atom. The zero-order chi connectivity index (χ0) is 9.26. The van der Waals surface area contributed by atoms with Gasteiger partial charge in [0.1, 0.15) is 11.1 Å². The van der Waals surface area contributed by atoms with Gasteiger partial charge in [0, 0.05) is 11.1 Å². The smallest absolute Gasteiger partial charge is 0.122 e. The van der Waals surface area contributed by atoms with Crippen molar-refractivity contribution in [3.63, 3.8) is 0 Å². The summed E-state index contributed by atoms with van der Waals surface area (Å²) in [5.74, 6) is 0.